The standard InChI is InChI=1S/C11H10F4N2O2/c12-9(13)11(14,15)19-8-4-2-1-3-6(8)7-5-16-10(18)17-7/h1-4,7,9H,5H2,(H2,16,17,18). The van der Waals surface area contributed by atoms with E-state index in [2.05, 4.69) is 15.4 Å². The number of nitrogens with one attached hydrogen (secondary N) is 2. The maximum absolute atomic E-state index is 12.9. The fraction of sp³-hybridized carbons (Fsp3) is 0.364. The Hall–Kier alpha value is -1.99. The molecule has 0 saturated carbocycles. The summed E-state index contributed by atoms with van der Waals surface area (Å²) < 4.78 is 54.1. The lowest BCUT2D eigenvalue weighted by Crippen LogP contribution is -2.34. The molecular weight excluding hydrogens is 268 g/mol. The number of carbonyl (C=O) groups is 1. The smallest absolute Gasteiger partial charge is 0.428 e. The van der Waals surface area contributed by atoms with E-state index >= 15 is 0 Å². The number of hydrogen-bond donors (Lipinski definition) is 2. The van der Waals surface area contributed by atoms with Crippen LogP contribution in [0.3, 0.4) is 0 Å². The van der Waals surface area contributed by atoms with E-state index in [9.17, 15) is 22.4 Å². The van der Waals surface area contributed by atoms with Gasteiger partial charge in [0.25, 0.3) is 0 Å². The maximum Gasteiger partial charge on any atom is 0.461 e. The second-order valence-corrected chi connectivity index (χ2v) is 3.91. The minimum Gasteiger partial charge on any atom is -0.428 e. The summed E-state index contributed by atoms with van der Waals surface area (Å²) in [6.45, 7) is 0.166. The molecule has 19 heavy (non-hydrogen) atoms. The van der Waals surface area contributed by atoms with Crippen molar-refractivity contribution in [3.8, 4) is 5.75 Å². The van der Waals surface area contributed by atoms with Crippen LogP contribution in [0, 0.1) is 0 Å². The second kappa shape index (κ2) is 4.94. The summed E-state index contributed by atoms with van der Waals surface area (Å²) in [5, 5.41) is 4.90. The average molecular weight is 278 g/mol. The summed E-state index contributed by atoms with van der Waals surface area (Å²) in [7, 11) is 0. The monoisotopic (exact) mass is 278 g/mol. The Morgan fingerprint density at radius 1 is 1.32 bits per heavy atom. The van der Waals surface area contributed by atoms with Gasteiger partial charge in [-0.1, -0.05) is 18.2 Å². The van der Waals surface area contributed by atoms with Gasteiger partial charge in [-0.3, -0.25) is 0 Å². The molecule has 1 aliphatic heterocycles. The van der Waals surface area contributed by atoms with Crippen molar-refractivity contribution in [1.82, 2.24) is 10.6 Å². The Morgan fingerprint density at radius 2 is 2.00 bits per heavy atom. The van der Waals surface area contributed by atoms with E-state index in [1.54, 1.807) is 0 Å². The lowest BCUT2D eigenvalue weighted by molar-refractivity contribution is -0.253. The first kappa shape index (κ1) is 13.4. The molecule has 8 heteroatoms. The molecule has 0 bridgehead atoms. The van der Waals surface area contributed by atoms with Crippen molar-refractivity contribution in [3.05, 3.63) is 29.8 Å². The first-order valence-corrected chi connectivity index (χ1v) is 5.38. The normalized spacial score (nSPS) is 19.2. The number of ether oxygens (including phenoxy) is 1. The van der Waals surface area contributed by atoms with Crippen molar-refractivity contribution >= 4 is 6.03 Å². The van der Waals surface area contributed by atoms with Gasteiger partial charge in [-0.15, -0.1) is 0 Å². The van der Waals surface area contributed by atoms with Gasteiger partial charge in [0, 0.05) is 12.1 Å². The first-order valence-electron chi connectivity index (χ1n) is 5.38. The molecule has 1 heterocycles. The van der Waals surface area contributed by atoms with E-state index in [1.165, 1.54) is 18.2 Å². The predicted molar refractivity (Wildman–Crippen MR) is 57.3 cm³/mol. The van der Waals surface area contributed by atoms with Crippen molar-refractivity contribution in [2.45, 2.75) is 18.6 Å². The van der Waals surface area contributed by atoms with Gasteiger partial charge in [-0.05, 0) is 6.07 Å². The molecule has 4 nitrogen and oxygen atoms in total. The molecule has 0 aromatic heterocycles. The topological polar surface area (TPSA) is 50.4 Å². The second-order valence-electron chi connectivity index (χ2n) is 3.91. The van der Waals surface area contributed by atoms with Crippen molar-refractivity contribution in [2.75, 3.05) is 6.54 Å². The number of halogens is 4. The van der Waals surface area contributed by atoms with Crippen molar-refractivity contribution in [2.24, 2.45) is 0 Å². The maximum atomic E-state index is 12.9. The molecule has 1 aromatic carbocycles. The van der Waals surface area contributed by atoms with Gasteiger partial charge in [0.1, 0.15) is 5.75 Å². The fourth-order valence-electron chi connectivity index (χ4n) is 1.70. The molecule has 0 aliphatic carbocycles. The molecule has 1 aromatic rings. The molecule has 104 valence electrons. The lowest BCUT2D eigenvalue weighted by Gasteiger charge is -2.20. The van der Waals surface area contributed by atoms with E-state index < -0.39 is 24.6 Å². The number of hydrogen-bond acceptors (Lipinski definition) is 2. The van der Waals surface area contributed by atoms with E-state index in [4.69, 9.17) is 0 Å². The summed E-state index contributed by atoms with van der Waals surface area (Å²) >= 11 is 0. The Balaban J connectivity index is 2.24. The van der Waals surface area contributed by atoms with Crippen LogP contribution in [0.5, 0.6) is 5.75 Å². The third-order valence-corrected chi connectivity index (χ3v) is 2.57. The van der Waals surface area contributed by atoms with Crippen LogP contribution in [0.15, 0.2) is 24.3 Å². The van der Waals surface area contributed by atoms with E-state index in [1.807, 2.05) is 0 Å². The average Bonchev–Trinajstić information content (AvgIpc) is 2.76. The minimum absolute atomic E-state index is 0.166. The van der Waals surface area contributed by atoms with Crippen molar-refractivity contribution < 1.29 is 27.1 Å². The Morgan fingerprint density at radius 3 is 2.58 bits per heavy atom. The third-order valence-electron chi connectivity index (χ3n) is 2.57. The SMILES string of the molecule is O=C1NCC(c2ccccc2OC(F)(F)C(F)F)N1. The quantitative estimate of drug-likeness (QED) is 0.830. The number of carbonyl (C=O) groups excluding carboxylic acids is 1. The van der Waals surface area contributed by atoms with Crippen LogP contribution in [0.2, 0.25) is 0 Å². The molecule has 2 N–H and O–H groups in total. The van der Waals surface area contributed by atoms with Gasteiger partial charge in [-0.2, -0.15) is 17.6 Å². The molecular formula is C11H10F4N2O2. The van der Waals surface area contributed by atoms with Gasteiger partial charge in [0.15, 0.2) is 0 Å². The predicted octanol–water partition coefficient (Wildman–Crippen LogP) is 2.28. The van der Waals surface area contributed by atoms with Crippen molar-refractivity contribution in [3.63, 3.8) is 0 Å². The molecule has 1 saturated heterocycles. The summed E-state index contributed by atoms with van der Waals surface area (Å²) in [6.07, 6.45) is -8.51. The Bertz CT molecular complexity index is 482. The fourth-order valence-corrected chi connectivity index (χ4v) is 1.70. The molecule has 0 radical (unpaired) electrons. The molecule has 2 rings (SSSR count). The van der Waals surface area contributed by atoms with Crippen LogP contribution in [0.25, 0.3) is 0 Å². The summed E-state index contributed by atoms with van der Waals surface area (Å²) in [5.74, 6) is -0.387. The van der Waals surface area contributed by atoms with Crippen LogP contribution < -0.4 is 15.4 Å². The molecule has 1 fully saturated rings. The lowest BCUT2D eigenvalue weighted by atomic mass is 10.1. The van der Waals surface area contributed by atoms with Crippen LogP contribution in [-0.2, 0) is 0 Å². The number of para-hydroxylation sites is 1. The molecule has 1 unspecified atom stereocenters. The van der Waals surface area contributed by atoms with E-state index in [-0.39, 0.29) is 17.9 Å². The minimum atomic E-state index is -4.58. The highest BCUT2D eigenvalue weighted by Crippen LogP contribution is 2.33. The highest BCUT2D eigenvalue weighted by molar-refractivity contribution is 5.77. The van der Waals surface area contributed by atoms with Crippen LogP contribution in [0.4, 0.5) is 22.4 Å². The van der Waals surface area contributed by atoms with E-state index in [0.717, 1.165) is 6.07 Å². The molecule has 2 amide bonds. The van der Waals surface area contributed by atoms with Crippen molar-refractivity contribution in [1.29, 1.82) is 0 Å². The number of urea groups is 1. The highest BCUT2D eigenvalue weighted by atomic mass is 19.3. The Kier molecular flexibility index (Phi) is 3.50. The molecule has 1 atom stereocenters. The number of amides is 2. The van der Waals surface area contributed by atoms with Crippen LogP contribution in [-0.4, -0.2) is 25.1 Å². The summed E-state index contributed by atoms with van der Waals surface area (Å²) in [5.41, 5.74) is 0.209. The zero-order valence-corrected chi connectivity index (χ0v) is 9.50. The van der Waals surface area contributed by atoms with E-state index in [0.29, 0.717) is 0 Å². The van der Waals surface area contributed by atoms with Gasteiger partial charge in [0.2, 0.25) is 0 Å². The highest BCUT2D eigenvalue weighted by Gasteiger charge is 2.44. The Labute approximate surface area is 105 Å². The third kappa shape index (κ3) is 2.88. The largest absolute Gasteiger partial charge is 0.461 e. The molecule has 1 aliphatic rings. The number of alkyl halides is 4. The summed E-state index contributed by atoms with van der Waals surface area (Å²) in [4.78, 5) is 11.0. The van der Waals surface area contributed by atoms with Crippen LogP contribution in [0.1, 0.15) is 11.6 Å². The number of benzene rings is 1. The first-order chi connectivity index (χ1) is 8.90. The van der Waals surface area contributed by atoms with Gasteiger partial charge in [0.05, 0.1) is 6.04 Å². The summed E-state index contributed by atoms with van der Waals surface area (Å²) in [6, 6.07) is 4.43. The number of rotatable bonds is 4. The zero-order valence-electron chi connectivity index (χ0n) is 9.50. The van der Waals surface area contributed by atoms with Gasteiger partial charge < -0.3 is 15.4 Å². The zero-order chi connectivity index (χ0) is 14.0. The van der Waals surface area contributed by atoms with Gasteiger partial charge in [-0.25, -0.2) is 4.79 Å². The van der Waals surface area contributed by atoms with Crippen LogP contribution >= 0.6 is 0 Å². The van der Waals surface area contributed by atoms with Gasteiger partial charge >= 0.3 is 18.6 Å². The molecule has 0 spiro atoms.